The first kappa shape index (κ1) is 11.2. The lowest BCUT2D eigenvalue weighted by atomic mass is 10.3. The topological polar surface area (TPSA) is 76.4 Å². The number of rotatable bonds is 5. The average Bonchev–Trinajstić information content (AvgIpc) is 2.20. The number of nitrogens with one attached hydrogen (secondary N) is 2. The van der Waals surface area contributed by atoms with Crippen molar-refractivity contribution in [1.29, 1.82) is 0 Å². The molecule has 0 aliphatic heterocycles. The summed E-state index contributed by atoms with van der Waals surface area (Å²) < 4.78 is 16.8. The van der Waals surface area contributed by atoms with Crippen molar-refractivity contribution >= 4 is 13.4 Å². The molecule has 0 saturated heterocycles. The molecule has 0 heterocycles. The molecular formula is C8H14N3O2P. The van der Waals surface area contributed by atoms with Gasteiger partial charge in [0.1, 0.15) is 0 Å². The van der Waals surface area contributed by atoms with E-state index in [9.17, 15) is 4.57 Å². The van der Waals surface area contributed by atoms with Crippen LogP contribution in [0.1, 0.15) is 6.92 Å². The van der Waals surface area contributed by atoms with Gasteiger partial charge < -0.3 is 9.61 Å². The summed E-state index contributed by atoms with van der Waals surface area (Å²) in [6.45, 7) is 2.07. The fourth-order valence-corrected chi connectivity index (χ4v) is 2.02. The van der Waals surface area contributed by atoms with Crippen LogP contribution in [-0.2, 0) is 9.09 Å². The van der Waals surface area contributed by atoms with Gasteiger partial charge in [0, 0.05) is 5.69 Å². The van der Waals surface area contributed by atoms with Gasteiger partial charge in [-0.2, -0.15) is 5.20 Å². The lowest BCUT2D eigenvalue weighted by Crippen LogP contribution is -2.24. The summed E-state index contributed by atoms with van der Waals surface area (Å²) in [6, 6.07) is 9.09. The summed E-state index contributed by atoms with van der Waals surface area (Å²) in [5, 5.41) is 4.85. The quantitative estimate of drug-likeness (QED) is 0.396. The third-order valence-electron chi connectivity index (χ3n) is 1.53. The molecule has 14 heavy (non-hydrogen) atoms. The van der Waals surface area contributed by atoms with E-state index in [1.807, 2.05) is 18.2 Å². The highest BCUT2D eigenvalue weighted by molar-refractivity contribution is 7.58. The monoisotopic (exact) mass is 215 g/mol. The van der Waals surface area contributed by atoms with Crippen molar-refractivity contribution in [3.05, 3.63) is 30.3 Å². The lowest BCUT2D eigenvalue weighted by molar-refractivity contribution is 0.329. The predicted octanol–water partition coefficient (Wildman–Crippen LogP) is 1.71. The Labute approximate surface area is 83.2 Å². The Kier molecular flexibility index (Phi) is 4.10. The molecule has 0 saturated carbocycles. The molecular weight excluding hydrogens is 201 g/mol. The average molecular weight is 215 g/mol. The number of hydrogen-bond acceptors (Lipinski definition) is 3. The molecule has 1 aromatic carbocycles. The highest BCUT2D eigenvalue weighted by Gasteiger charge is 2.19. The van der Waals surface area contributed by atoms with E-state index in [0.29, 0.717) is 12.3 Å². The van der Waals surface area contributed by atoms with E-state index in [1.165, 1.54) is 0 Å². The zero-order valence-electron chi connectivity index (χ0n) is 7.93. The van der Waals surface area contributed by atoms with Gasteiger partial charge in [-0.15, -0.1) is 0 Å². The first-order valence-electron chi connectivity index (χ1n) is 4.26. The fraction of sp³-hybridized carbons (Fsp3) is 0.250. The maximum absolute atomic E-state index is 11.8. The smallest absolute Gasteiger partial charge is 0.302 e. The molecule has 4 N–H and O–H groups in total. The van der Waals surface area contributed by atoms with Crippen LogP contribution in [0.15, 0.2) is 30.3 Å². The predicted molar refractivity (Wildman–Crippen MR) is 56.6 cm³/mol. The molecule has 0 radical (unpaired) electrons. The van der Waals surface area contributed by atoms with E-state index < -0.39 is 7.67 Å². The Balaban J connectivity index is 2.71. The summed E-state index contributed by atoms with van der Waals surface area (Å²) in [7, 11) is -3.14. The maximum Gasteiger partial charge on any atom is 0.379 e. The minimum Gasteiger partial charge on any atom is -0.302 e. The third kappa shape index (κ3) is 3.12. The van der Waals surface area contributed by atoms with Crippen LogP contribution in [0, 0.1) is 0 Å². The van der Waals surface area contributed by atoms with E-state index >= 15 is 0 Å². The number of hydrazine groups is 1. The number of anilines is 1. The largest absolute Gasteiger partial charge is 0.379 e. The zero-order chi connectivity index (χ0) is 10.4. The van der Waals surface area contributed by atoms with Gasteiger partial charge in [0.15, 0.2) is 0 Å². The van der Waals surface area contributed by atoms with Crippen LogP contribution in [0.2, 0.25) is 0 Å². The number of para-hydroxylation sites is 1. The second-order valence-electron chi connectivity index (χ2n) is 2.58. The SMILES string of the molecule is CCOP(=O)(NN)Nc1ccccc1. The molecule has 0 fully saturated rings. The van der Waals surface area contributed by atoms with Crippen molar-refractivity contribution in [2.24, 2.45) is 5.84 Å². The van der Waals surface area contributed by atoms with Crippen LogP contribution in [0.4, 0.5) is 5.69 Å². The van der Waals surface area contributed by atoms with Gasteiger partial charge >= 0.3 is 7.67 Å². The van der Waals surface area contributed by atoms with E-state index in [4.69, 9.17) is 10.4 Å². The first-order chi connectivity index (χ1) is 6.70. The minimum absolute atomic E-state index is 0.321. The molecule has 1 aromatic rings. The van der Waals surface area contributed by atoms with Crippen LogP contribution >= 0.6 is 7.67 Å². The van der Waals surface area contributed by atoms with Crippen LogP contribution in [-0.4, -0.2) is 6.61 Å². The van der Waals surface area contributed by atoms with Crippen LogP contribution in [0.5, 0.6) is 0 Å². The third-order valence-corrected chi connectivity index (χ3v) is 3.05. The van der Waals surface area contributed by atoms with Gasteiger partial charge in [-0.05, 0) is 19.1 Å². The Bertz CT molecular complexity index is 318. The minimum atomic E-state index is -3.14. The summed E-state index contributed by atoms with van der Waals surface area (Å²) in [5.41, 5.74) is 0.697. The van der Waals surface area contributed by atoms with Crippen molar-refractivity contribution in [2.75, 3.05) is 11.7 Å². The summed E-state index contributed by atoms with van der Waals surface area (Å²) in [4.78, 5) is 0. The van der Waals surface area contributed by atoms with Crippen LogP contribution in [0.25, 0.3) is 0 Å². The Morgan fingerprint density at radius 3 is 2.57 bits per heavy atom. The first-order valence-corrected chi connectivity index (χ1v) is 5.88. The molecule has 1 atom stereocenters. The molecule has 1 unspecified atom stereocenters. The summed E-state index contributed by atoms with van der Waals surface area (Å²) in [6.07, 6.45) is 0. The molecule has 78 valence electrons. The Morgan fingerprint density at radius 2 is 2.07 bits per heavy atom. The van der Waals surface area contributed by atoms with Gasteiger partial charge in [0.2, 0.25) is 0 Å². The van der Waals surface area contributed by atoms with E-state index in [2.05, 4.69) is 10.3 Å². The zero-order valence-corrected chi connectivity index (χ0v) is 8.83. The molecule has 0 amide bonds. The lowest BCUT2D eigenvalue weighted by Gasteiger charge is -2.17. The highest BCUT2D eigenvalue weighted by Crippen LogP contribution is 2.40. The van der Waals surface area contributed by atoms with Crippen molar-refractivity contribution in [3.63, 3.8) is 0 Å². The normalized spacial score (nSPS) is 14.7. The Morgan fingerprint density at radius 1 is 1.43 bits per heavy atom. The molecule has 0 bridgehead atoms. The van der Waals surface area contributed by atoms with Gasteiger partial charge in [-0.3, -0.25) is 5.84 Å². The van der Waals surface area contributed by atoms with Crippen LogP contribution in [0.3, 0.4) is 0 Å². The van der Waals surface area contributed by atoms with Crippen molar-refractivity contribution in [2.45, 2.75) is 6.92 Å². The van der Waals surface area contributed by atoms with Gasteiger partial charge in [0.05, 0.1) is 6.61 Å². The Hall–Kier alpha value is -0.870. The second kappa shape index (κ2) is 5.12. The van der Waals surface area contributed by atoms with Gasteiger partial charge in [-0.1, -0.05) is 18.2 Å². The standard InChI is InChI=1S/C8H14N3O2P/c1-2-13-14(12,11-9)10-8-6-4-3-5-7-8/h3-7H,2,9H2,1H3,(H2,10,11,12). The molecule has 0 aromatic heterocycles. The summed E-state index contributed by atoms with van der Waals surface area (Å²) in [5.74, 6) is 5.14. The van der Waals surface area contributed by atoms with Gasteiger partial charge in [0.25, 0.3) is 0 Å². The van der Waals surface area contributed by atoms with Gasteiger partial charge in [-0.25, -0.2) is 4.57 Å². The van der Waals surface area contributed by atoms with E-state index in [0.717, 1.165) is 0 Å². The second-order valence-corrected chi connectivity index (χ2v) is 4.42. The molecule has 0 aliphatic carbocycles. The maximum atomic E-state index is 11.8. The summed E-state index contributed by atoms with van der Waals surface area (Å²) >= 11 is 0. The van der Waals surface area contributed by atoms with Crippen molar-refractivity contribution in [3.8, 4) is 0 Å². The number of nitrogens with two attached hydrogens (primary N) is 1. The highest BCUT2D eigenvalue weighted by atomic mass is 31.2. The fourth-order valence-electron chi connectivity index (χ4n) is 0.966. The number of hydrogen-bond donors (Lipinski definition) is 3. The van der Waals surface area contributed by atoms with E-state index in [-0.39, 0.29) is 0 Å². The molecule has 6 heteroatoms. The van der Waals surface area contributed by atoms with E-state index in [1.54, 1.807) is 19.1 Å². The molecule has 0 aliphatic rings. The molecule has 0 spiro atoms. The van der Waals surface area contributed by atoms with Crippen LogP contribution < -0.4 is 16.1 Å². The number of benzene rings is 1. The molecule has 5 nitrogen and oxygen atoms in total. The molecule has 1 rings (SSSR count). The van der Waals surface area contributed by atoms with Crippen molar-refractivity contribution < 1.29 is 9.09 Å². The van der Waals surface area contributed by atoms with Crippen molar-refractivity contribution in [1.82, 2.24) is 5.20 Å².